The fourth-order valence-corrected chi connectivity index (χ4v) is 4.04. The molecule has 0 aromatic heterocycles. The smallest absolute Gasteiger partial charge is 0.241 e. The Labute approximate surface area is 130 Å². The van der Waals surface area contributed by atoms with Crippen molar-refractivity contribution in [1.82, 2.24) is 4.72 Å². The van der Waals surface area contributed by atoms with Crippen LogP contribution in [0.2, 0.25) is 0 Å². The summed E-state index contributed by atoms with van der Waals surface area (Å²) in [4.78, 5) is 0.251. The van der Waals surface area contributed by atoms with Crippen molar-refractivity contribution >= 4 is 31.6 Å². The highest BCUT2D eigenvalue weighted by Gasteiger charge is 2.20. The molecule has 0 radical (unpaired) electrons. The molecule has 3 N–H and O–H groups in total. The van der Waals surface area contributed by atoms with Gasteiger partial charge in [-0.05, 0) is 53.9 Å². The summed E-state index contributed by atoms with van der Waals surface area (Å²) in [5.41, 5.74) is 6.88. The molecular weight excluding hydrogens is 340 g/mol. The Morgan fingerprint density at radius 1 is 1.35 bits per heavy atom. The topological polar surface area (TPSA) is 72.2 Å². The van der Waals surface area contributed by atoms with Crippen LogP contribution in [0.4, 0.5) is 5.69 Å². The Morgan fingerprint density at radius 2 is 2.00 bits per heavy atom. The van der Waals surface area contributed by atoms with E-state index in [2.05, 4.69) is 27.6 Å². The van der Waals surface area contributed by atoms with Crippen LogP contribution in [0.15, 0.2) is 21.5 Å². The minimum Gasteiger partial charge on any atom is -0.398 e. The number of anilines is 1. The second-order valence-corrected chi connectivity index (χ2v) is 7.69. The molecule has 0 saturated heterocycles. The van der Waals surface area contributed by atoms with E-state index in [1.165, 1.54) is 6.07 Å². The number of nitrogens with one attached hydrogen (secondary N) is 1. The third-order valence-corrected chi connectivity index (χ3v) is 5.60. The predicted molar refractivity (Wildman–Crippen MR) is 87.2 cm³/mol. The Hall–Kier alpha value is -0.590. The van der Waals surface area contributed by atoms with Gasteiger partial charge >= 0.3 is 0 Å². The van der Waals surface area contributed by atoms with Crippen LogP contribution in [0, 0.1) is 6.92 Å². The quantitative estimate of drug-likeness (QED) is 0.574. The summed E-state index contributed by atoms with van der Waals surface area (Å²) < 4.78 is 28.2. The summed E-state index contributed by atoms with van der Waals surface area (Å²) in [5, 5.41) is 0. The number of hydrogen-bond acceptors (Lipinski definition) is 3. The van der Waals surface area contributed by atoms with Crippen molar-refractivity contribution in [3.8, 4) is 0 Å². The molecule has 6 heteroatoms. The first-order valence-corrected chi connectivity index (χ1v) is 9.13. The maximum absolute atomic E-state index is 12.4. The van der Waals surface area contributed by atoms with Gasteiger partial charge in [0.1, 0.15) is 0 Å². The van der Waals surface area contributed by atoms with E-state index >= 15 is 0 Å². The monoisotopic (exact) mass is 362 g/mol. The molecule has 20 heavy (non-hydrogen) atoms. The number of benzene rings is 1. The van der Waals surface area contributed by atoms with Gasteiger partial charge in [0.2, 0.25) is 10.0 Å². The maximum Gasteiger partial charge on any atom is 0.241 e. The number of hydrogen-bond donors (Lipinski definition) is 2. The highest BCUT2D eigenvalue weighted by Crippen LogP contribution is 2.26. The molecule has 1 unspecified atom stereocenters. The van der Waals surface area contributed by atoms with Crippen molar-refractivity contribution in [1.29, 1.82) is 0 Å². The molecule has 0 bridgehead atoms. The van der Waals surface area contributed by atoms with Crippen molar-refractivity contribution < 1.29 is 8.42 Å². The van der Waals surface area contributed by atoms with Crippen LogP contribution in [0.25, 0.3) is 0 Å². The summed E-state index contributed by atoms with van der Waals surface area (Å²) in [6.07, 6.45) is 4.12. The molecule has 0 saturated carbocycles. The van der Waals surface area contributed by atoms with Gasteiger partial charge in [0.25, 0.3) is 0 Å². The van der Waals surface area contributed by atoms with Crippen molar-refractivity contribution in [3.05, 3.63) is 22.2 Å². The fraction of sp³-hybridized carbons (Fsp3) is 0.571. The average Bonchev–Trinajstić information content (AvgIpc) is 2.33. The predicted octanol–water partition coefficient (Wildman–Crippen LogP) is 3.59. The molecule has 0 aliphatic heterocycles. The lowest BCUT2D eigenvalue weighted by atomic mass is 10.1. The van der Waals surface area contributed by atoms with E-state index in [1.807, 2.05) is 6.92 Å². The number of halogens is 1. The highest BCUT2D eigenvalue weighted by atomic mass is 79.9. The van der Waals surface area contributed by atoms with E-state index in [9.17, 15) is 8.42 Å². The first-order chi connectivity index (χ1) is 9.27. The van der Waals surface area contributed by atoms with Gasteiger partial charge in [0.05, 0.1) is 4.90 Å². The number of rotatable bonds is 7. The molecule has 1 aromatic rings. The number of unbranched alkanes of at least 4 members (excludes halogenated alkanes) is 2. The van der Waals surface area contributed by atoms with Crippen LogP contribution in [-0.4, -0.2) is 14.5 Å². The average molecular weight is 363 g/mol. The number of aryl methyl sites for hydroxylation is 1. The Morgan fingerprint density at radius 3 is 2.60 bits per heavy atom. The largest absolute Gasteiger partial charge is 0.398 e. The molecule has 0 aliphatic rings. The van der Waals surface area contributed by atoms with Crippen LogP contribution < -0.4 is 10.5 Å². The van der Waals surface area contributed by atoms with E-state index in [1.54, 1.807) is 13.0 Å². The molecule has 4 nitrogen and oxygen atoms in total. The summed E-state index contributed by atoms with van der Waals surface area (Å²) in [7, 11) is -3.52. The molecule has 1 rings (SSSR count). The summed E-state index contributed by atoms with van der Waals surface area (Å²) in [5.74, 6) is 0. The molecule has 0 spiro atoms. The van der Waals surface area contributed by atoms with E-state index in [0.29, 0.717) is 15.7 Å². The SMILES string of the molecule is CCCCCC(C)NS(=O)(=O)c1cc(N)c(Br)cc1C. The zero-order valence-corrected chi connectivity index (χ0v) is 14.6. The molecule has 114 valence electrons. The van der Waals surface area contributed by atoms with Gasteiger partial charge in [-0.1, -0.05) is 26.2 Å². The van der Waals surface area contributed by atoms with Crippen LogP contribution in [0.5, 0.6) is 0 Å². The van der Waals surface area contributed by atoms with Gasteiger partial charge < -0.3 is 5.73 Å². The molecule has 0 heterocycles. The lowest BCUT2D eigenvalue weighted by Gasteiger charge is -2.16. The zero-order chi connectivity index (χ0) is 15.3. The minimum absolute atomic E-state index is 0.0733. The maximum atomic E-state index is 12.4. The van der Waals surface area contributed by atoms with Gasteiger partial charge in [-0.2, -0.15) is 0 Å². The second kappa shape index (κ2) is 7.43. The van der Waals surface area contributed by atoms with Crippen molar-refractivity contribution in [2.75, 3.05) is 5.73 Å². The van der Waals surface area contributed by atoms with Crippen LogP contribution in [-0.2, 0) is 10.0 Å². The number of nitrogen functional groups attached to an aromatic ring is 1. The van der Waals surface area contributed by atoms with E-state index in [0.717, 1.165) is 25.7 Å². The molecule has 0 amide bonds. The number of sulfonamides is 1. The molecule has 1 aromatic carbocycles. The van der Waals surface area contributed by atoms with Gasteiger partial charge in [-0.15, -0.1) is 0 Å². The highest BCUT2D eigenvalue weighted by molar-refractivity contribution is 9.10. The van der Waals surface area contributed by atoms with Gasteiger partial charge in [-0.3, -0.25) is 0 Å². The van der Waals surface area contributed by atoms with Crippen LogP contribution in [0.3, 0.4) is 0 Å². The zero-order valence-electron chi connectivity index (χ0n) is 12.2. The molecular formula is C14H23BrN2O2S. The van der Waals surface area contributed by atoms with Crippen molar-refractivity contribution in [2.45, 2.75) is 57.4 Å². The summed E-state index contributed by atoms with van der Waals surface area (Å²) >= 11 is 3.30. The van der Waals surface area contributed by atoms with Gasteiger partial charge in [0.15, 0.2) is 0 Å². The van der Waals surface area contributed by atoms with E-state index in [-0.39, 0.29) is 10.9 Å². The summed E-state index contributed by atoms with van der Waals surface area (Å²) in [6.45, 7) is 5.79. The van der Waals surface area contributed by atoms with Crippen molar-refractivity contribution in [3.63, 3.8) is 0 Å². The standard InChI is InChI=1S/C14H23BrN2O2S/c1-4-5-6-7-11(3)17-20(18,19)14-9-13(16)12(15)8-10(14)2/h8-9,11,17H,4-7,16H2,1-3H3. The van der Waals surface area contributed by atoms with Gasteiger partial charge in [-0.25, -0.2) is 13.1 Å². The van der Waals surface area contributed by atoms with Crippen LogP contribution in [0.1, 0.15) is 45.1 Å². The minimum atomic E-state index is -3.52. The fourth-order valence-electron chi connectivity index (χ4n) is 2.05. The Bertz CT molecular complexity index is 559. The molecule has 0 fully saturated rings. The Balaban J connectivity index is 2.86. The first kappa shape index (κ1) is 17.5. The van der Waals surface area contributed by atoms with E-state index < -0.39 is 10.0 Å². The van der Waals surface area contributed by atoms with Crippen LogP contribution >= 0.6 is 15.9 Å². The number of nitrogens with two attached hydrogens (primary N) is 1. The lowest BCUT2D eigenvalue weighted by molar-refractivity contribution is 0.527. The first-order valence-electron chi connectivity index (χ1n) is 6.86. The molecule has 0 aliphatic carbocycles. The third-order valence-electron chi connectivity index (χ3n) is 3.18. The van der Waals surface area contributed by atoms with Crippen molar-refractivity contribution in [2.24, 2.45) is 0 Å². The lowest BCUT2D eigenvalue weighted by Crippen LogP contribution is -2.33. The van der Waals surface area contributed by atoms with Gasteiger partial charge in [0, 0.05) is 16.2 Å². The third kappa shape index (κ3) is 4.75. The summed E-state index contributed by atoms with van der Waals surface area (Å²) in [6, 6.07) is 3.16. The second-order valence-electron chi connectivity index (χ2n) is 5.16. The Kier molecular flexibility index (Phi) is 6.48. The molecule has 1 atom stereocenters. The normalized spacial score (nSPS) is 13.4. The van der Waals surface area contributed by atoms with E-state index in [4.69, 9.17) is 5.73 Å².